The Balaban J connectivity index is 2.10. The molecule has 1 rings (SSSR count). The van der Waals surface area contributed by atoms with Crippen LogP contribution in [0.1, 0.15) is 104 Å². The van der Waals surface area contributed by atoms with E-state index in [0.717, 1.165) is 19.4 Å². The van der Waals surface area contributed by atoms with E-state index < -0.39 is 8.07 Å². The summed E-state index contributed by atoms with van der Waals surface area (Å²) in [6.07, 6.45) is 16.5. The van der Waals surface area contributed by atoms with Crippen LogP contribution < -0.4 is 10.7 Å². The molecule has 0 unspecified atom stereocenters. The predicted molar refractivity (Wildman–Crippen MR) is 129 cm³/mol. The zero-order valence-electron chi connectivity index (χ0n) is 19.8. The number of carbonyl (C=O) groups excluding carboxylic acids is 1. The first kappa shape index (κ1) is 26.0. The predicted octanol–water partition coefficient (Wildman–Crippen LogP) is 6.96. The molecule has 1 N–H and O–H groups in total. The van der Waals surface area contributed by atoms with Crippen LogP contribution in [0.5, 0.6) is 0 Å². The minimum Gasteiger partial charge on any atom is -0.474 e. The van der Waals surface area contributed by atoms with E-state index in [9.17, 15) is 4.79 Å². The zero-order valence-corrected chi connectivity index (χ0v) is 20.8. The van der Waals surface area contributed by atoms with Crippen LogP contribution in [-0.4, -0.2) is 20.5 Å². The highest BCUT2D eigenvalue weighted by atomic mass is 28.3. The Hall–Kier alpha value is -1.03. The standard InChI is InChI=1S/C25H47NO2Si/c1-5-9-10-11-12-13-14-15-16-17-20-26-24(27)19-18-23-21-25(28-22-23)29(6-2,7-3)8-4/h21-22H,5-20H2,1-4H3,(H,26,27). The van der Waals surface area contributed by atoms with Crippen LogP contribution in [0, 0.1) is 0 Å². The number of amides is 1. The summed E-state index contributed by atoms with van der Waals surface area (Å²) in [6.45, 7) is 9.97. The van der Waals surface area contributed by atoms with Gasteiger partial charge in [-0.25, -0.2) is 0 Å². The number of carbonyl (C=O) groups is 1. The first-order valence-corrected chi connectivity index (χ1v) is 15.1. The fourth-order valence-corrected chi connectivity index (χ4v) is 7.59. The molecule has 3 nitrogen and oxygen atoms in total. The van der Waals surface area contributed by atoms with Crippen LogP contribution in [0.4, 0.5) is 0 Å². The van der Waals surface area contributed by atoms with Gasteiger partial charge in [0, 0.05) is 13.0 Å². The van der Waals surface area contributed by atoms with Crippen molar-refractivity contribution in [3.8, 4) is 0 Å². The van der Waals surface area contributed by atoms with Gasteiger partial charge >= 0.3 is 0 Å². The average molecular weight is 422 g/mol. The van der Waals surface area contributed by atoms with Crippen molar-refractivity contribution in [1.29, 1.82) is 0 Å². The van der Waals surface area contributed by atoms with Crippen molar-refractivity contribution in [3.05, 3.63) is 17.9 Å². The summed E-state index contributed by atoms with van der Waals surface area (Å²) in [5.41, 5.74) is 1.18. The Morgan fingerprint density at radius 2 is 1.41 bits per heavy atom. The molecular weight excluding hydrogens is 374 g/mol. The van der Waals surface area contributed by atoms with Gasteiger partial charge in [-0.3, -0.25) is 4.79 Å². The first-order valence-electron chi connectivity index (χ1n) is 12.5. The molecular formula is C25H47NO2Si. The monoisotopic (exact) mass is 421 g/mol. The van der Waals surface area contributed by atoms with Crippen LogP contribution in [0.15, 0.2) is 16.7 Å². The van der Waals surface area contributed by atoms with Crippen LogP contribution in [0.3, 0.4) is 0 Å². The molecule has 1 heterocycles. The van der Waals surface area contributed by atoms with Crippen LogP contribution in [0.2, 0.25) is 18.1 Å². The van der Waals surface area contributed by atoms with E-state index in [4.69, 9.17) is 4.42 Å². The molecule has 0 aromatic carbocycles. The summed E-state index contributed by atoms with van der Waals surface area (Å²) in [5, 5.41) is 4.32. The van der Waals surface area contributed by atoms with Gasteiger partial charge in [-0.15, -0.1) is 0 Å². The molecule has 168 valence electrons. The summed E-state index contributed by atoms with van der Waals surface area (Å²) >= 11 is 0. The highest BCUT2D eigenvalue weighted by Gasteiger charge is 2.32. The molecule has 1 amide bonds. The van der Waals surface area contributed by atoms with Crippen molar-refractivity contribution in [2.45, 2.75) is 123 Å². The molecule has 0 aliphatic rings. The average Bonchev–Trinajstić information content (AvgIpc) is 3.22. The first-order chi connectivity index (χ1) is 14.1. The number of hydrogen-bond acceptors (Lipinski definition) is 2. The second kappa shape index (κ2) is 15.8. The number of nitrogens with one attached hydrogen (secondary N) is 1. The minimum absolute atomic E-state index is 0.175. The lowest BCUT2D eigenvalue weighted by molar-refractivity contribution is -0.121. The van der Waals surface area contributed by atoms with Gasteiger partial charge in [-0.2, -0.15) is 0 Å². The maximum atomic E-state index is 12.1. The summed E-state index contributed by atoms with van der Waals surface area (Å²) in [6, 6.07) is 5.92. The van der Waals surface area contributed by atoms with Gasteiger partial charge in [0.05, 0.1) is 11.6 Å². The van der Waals surface area contributed by atoms with Gasteiger partial charge in [0.25, 0.3) is 0 Å². The number of unbranched alkanes of at least 4 members (excludes halogenated alkanes) is 9. The lowest BCUT2D eigenvalue weighted by atomic mass is 10.1. The number of rotatable bonds is 18. The molecule has 0 fully saturated rings. The molecule has 0 saturated carbocycles. The Bertz CT molecular complexity index is 528. The molecule has 0 radical (unpaired) electrons. The maximum absolute atomic E-state index is 12.1. The topological polar surface area (TPSA) is 42.2 Å². The van der Waals surface area contributed by atoms with E-state index in [1.54, 1.807) is 0 Å². The molecule has 0 bridgehead atoms. The molecule has 1 aromatic rings. The zero-order chi connectivity index (χ0) is 21.4. The lowest BCUT2D eigenvalue weighted by Gasteiger charge is -2.24. The molecule has 0 spiro atoms. The van der Waals surface area contributed by atoms with Crippen LogP contribution >= 0.6 is 0 Å². The van der Waals surface area contributed by atoms with Crippen molar-refractivity contribution in [2.24, 2.45) is 0 Å². The van der Waals surface area contributed by atoms with E-state index in [0.29, 0.717) is 6.42 Å². The lowest BCUT2D eigenvalue weighted by Crippen LogP contribution is -2.44. The van der Waals surface area contributed by atoms with E-state index in [1.165, 1.54) is 86.9 Å². The molecule has 29 heavy (non-hydrogen) atoms. The molecule has 1 aromatic heterocycles. The summed E-state index contributed by atoms with van der Waals surface area (Å²) in [7, 11) is -1.44. The maximum Gasteiger partial charge on any atom is 0.220 e. The van der Waals surface area contributed by atoms with Crippen molar-refractivity contribution < 1.29 is 9.21 Å². The Kier molecular flexibility index (Phi) is 14.1. The molecule has 0 saturated heterocycles. The van der Waals surface area contributed by atoms with Gasteiger partial charge in [0.15, 0.2) is 0 Å². The number of hydrogen-bond donors (Lipinski definition) is 1. The highest BCUT2D eigenvalue weighted by molar-refractivity contribution is 6.90. The fourth-order valence-electron chi connectivity index (χ4n) is 4.24. The number of furan rings is 1. The molecule has 0 aliphatic heterocycles. The van der Waals surface area contributed by atoms with Gasteiger partial charge < -0.3 is 9.73 Å². The third-order valence-corrected chi connectivity index (χ3v) is 12.1. The Morgan fingerprint density at radius 1 is 0.862 bits per heavy atom. The highest BCUT2D eigenvalue weighted by Crippen LogP contribution is 2.21. The summed E-state index contributed by atoms with van der Waals surface area (Å²) < 4.78 is 5.94. The van der Waals surface area contributed by atoms with E-state index in [2.05, 4.69) is 39.1 Å². The third-order valence-electron chi connectivity index (χ3n) is 6.70. The van der Waals surface area contributed by atoms with E-state index >= 15 is 0 Å². The van der Waals surface area contributed by atoms with Gasteiger partial charge in [0.2, 0.25) is 5.91 Å². The minimum atomic E-state index is -1.44. The van der Waals surface area contributed by atoms with Crippen molar-refractivity contribution in [1.82, 2.24) is 5.32 Å². The second-order valence-electron chi connectivity index (χ2n) is 8.69. The normalized spacial score (nSPS) is 11.7. The van der Waals surface area contributed by atoms with Crippen molar-refractivity contribution >= 4 is 19.4 Å². The van der Waals surface area contributed by atoms with E-state index in [-0.39, 0.29) is 5.91 Å². The molecule has 0 aliphatic carbocycles. The van der Waals surface area contributed by atoms with Crippen molar-refractivity contribution in [3.63, 3.8) is 0 Å². The van der Waals surface area contributed by atoms with Crippen LogP contribution in [0.25, 0.3) is 0 Å². The molecule has 0 atom stereocenters. The van der Waals surface area contributed by atoms with Gasteiger partial charge in [-0.05, 0) is 24.5 Å². The molecule has 4 heteroatoms. The summed E-state index contributed by atoms with van der Waals surface area (Å²) in [5.74, 6) is 0.175. The van der Waals surface area contributed by atoms with E-state index in [1.807, 2.05) is 6.26 Å². The quantitative estimate of drug-likeness (QED) is 0.205. The van der Waals surface area contributed by atoms with Gasteiger partial charge in [-0.1, -0.05) is 104 Å². The van der Waals surface area contributed by atoms with Gasteiger partial charge in [0.1, 0.15) is 8.07 Å². The smallest absolute Gasteiger partial charge is 0.220 e. The Morgan fingerprint density at radius 3 is 1.97 bits per heavy atom. The second-order valence-corrected chi connectivity index (χ2v) is 13.9. The Labute approximate surface area is 181 Å². The number of aryl methyl sites for hydroxylation is 1. The summed E-state index contributed by atoms with van der Waals surface area (Å²) in [4.78, 5) is 12.1. The SMILES string of the molecule is CCCCCCCCCCCCNC(=O)CCc1coc([Si](CC)(CC)CC)c1. The van der Waals surface area contributed by atoms with Crippen LogP contribution in [-0.2, 0) is 11.2 Å². The largest absolute Gasteiger partial charge is 0.474 e. The fraction of sp³-hybridized carbons (Fsp3) is 0.800. The van der Waals surface area contributed by atoms with Crippen molar-refractivity contribution in [2.75, 3.05) is 6.54 Å². The third kappa shape index (κ3) is 10.0.